The Bertz CT molecular complexity index is 513. The van der Waals surface area contributed by atoms with Crippen LogP contribution < -0.4 is 10.6 Å². The lowest BCUT2D eigenvalue weighted by Crippen LogP contribution is -2.26. The second kappa shape index (κ2) is 6.58. The molecule has 0 amide bonds. The van der Waals surface area contributed by atoms with E-state index in [1.165, 1.54) is 36.1 Å². The molecule has 20 heavy (non-hydrogen) atoms. The van der Waals surface area contributed by atoms with Crippen molar-refractivity contribution < 1.29 is 0 Å². The van der Waals surface area contributed by atoms with E-state index in [1.807, 2.05) is 0 Å². The topological polar surface area (TPSA) is 24.1 Å². The standard InChI is InChI=1S/C18H22N2/c1-2-6-15(7-3-1)14-20-17-11-9-16(10-12-17)18-8-4-5-13-19-18/h1-3,6-7,9-12,18-20H,4-5,8,13-14H2/t18-/m1/s1. The summed E-state index contributed by atoms with van der Waals surface area (Å²) in [5, 5.41) is 7.06. The van der Waals surface area contributed by atoms with Gasteiger partial charge in [0.25, 0.3) is 0 Å². The molecule has 0 unspecified atom stereocenters. The molecule has 0 aromatic heterocycles. The number of hydrogen-bond donors (Lipinski definition) is 2. The van der Waals surface area contributed by atoms with E-state index < -0.39 is 0 Å². The Kier molecular flexibility index (Phi) is 4.34. The largest absolute Gasteiger partial charge is 0.381 e. The van der Waals surface area contributed by atoms with E-state index in [-0.39, 0.29) is 0 Å². The first kappa shape index (κ1) is 13.2. The van der Waals surface area contributed by atoms with Crippen LogP contribution in [0.15, 0.2) is 54.6 Å². The first-order valence-corrected chi connectivity index (χ1v) is 7.53. The summed E-state index contributed by atoms with van der Waals surface area (Å²) in [4.78, 5) is 0. The molecular formula is C18H22N2. The Balaban J connectivity index is 1.58. The highest BCUT2D eigenvalue weighted by molar-refractivity contribution is 5.45. The quantitative estimate of drug-likeness (QED) is 0.870. The molecule has 0 bridgehead atoms. The molecule has 1 aliphatic rings. The second-order valence-corrected chi connectivity index (χ2v) is 5.46. The van der Waals surface area contributed by atoms with Gasteiger partial charge in [-0.3, -0.25) is 0 Å². The molecule has 1 heterocycles. The zero-order chi connectivity index (χ0) is 13.6. The van der Waals surface area contributed by atoms with Gasteiger partial charge in [-0.05, 0) is 42.6 Å². The summed E-state index contributed by atoms with van der Waals surface area (Å²) in [7, 11) is 0. The molecule has 0 spiro atoms. The van der Waals surface area contributed by atoms with E-state index in [2.05, 4.69) is 65.2 Å². The van der Waals surface area contributed by atoms with Crippen molar-refractivity contribution in [2.45, 2.75) is 31.8 Å². The van der Waals surface area contributed by atoms with Gasteiger partial charge in [-0.2, -0.15) is 0 Å². The molecule has 3 rings (SSSR count). The fourth-order valence-electron chi connectivity index (χ4n) is 2.77. The van der Waals surface area contributed by atoms with Crippen LogP contribution in [0.5, 0.6) is 0 Å². The van der Waals surface area contributed by atoms with E-state index in [0.717, 1.165) is 13.1 Å². The Hall–Kier alpha value is -1.80. The van der Waals surface area contributed by atoms with Crippen molar-refractivity contribution in [3.63, 3.8) is 0 Å². The Morgan fingerprint density at radius 1 is 0.950 bits per heavy atom. The van der Waals surface area contributed by atoms with E-state index in [0.29, 0.717) is 6.04 Å². The average Bonchev–Trinajstić information content (AvgIpc) is 2.55. The van der Waals surface area contributed by atoms with Crippen LogP contribution in [-0.4, -0.2) is 6.54 Å². The third kappa shape index (κ3) is 3.40. The van der Waals surface area contributed by atoms with Crippen LogP contribution >= 0.6 is 0 Å². The Morgan fingerprint density at radius 2 is 1.75 bits per heavy atom. The number of rotatable bonds is 4. The molecule has 2 N–H and O–H groups in total. The molecule has 2 aromatic rings. The van der Waals surface area contributed by atoms with E-state index >= 15 is 0 Å². The highest BCUT2D eigenvalue weighted by Gasteiger charge is 2.13. The predicted octanol–water partition coefficient (Wildman–Crippen LogP) is 4.11. The summed E-state index contributed by atoms with van der Waals surface area (Å²) in [6.45, 7) is 2.03. The van der Waals surface area contributed by atoms with Gasteiger partial charge in [-0.25, -0.2) is 0 Å². The van der Waals surface area contributed by atoms with Crippen molar-refractivity contribution in [1.82, 2.24) is 5.32 Å². The molecule has 2 heteroatoms. The number of anilines is 1. The Morgan fingerprint density at radius 3 is 2.45 bits per heavy atom. The molecule has 1 saturated heterocycles. The summed E-state index contributed by atoms with van der Waals surface area (Å²) in [5.74, 6) is 0. The van der Waals surface area contributed by atoms with E-state index in [1.54, 1.807) is 0 Å². The van der Waals surface area contributed by atoms with Gasteiger partial charge in [0.15, 0.2) is 0 Å². The number of hydrogen-bond acceptors (Lipinski definition) is 2. The van der Waals surface area contributed by atoms with E-state index in [4.69, 9.17) is 0 Å². The highest BCUT2D eigenvalue weighted by atomic mass is 14.9. The first-order chi connectivity index (χ1) is 9.92. The van der Waals surface area contributed by atoms with Crippen LogP contribution in [0.1, 0.15) is 36.4 Å². The molecule has 104 valence electrons. The van der Waals surface area contributed by atoms with Gasteiger partial charge in [-0.15, -0.1) is 0 Å². The summed E-state index contributed by atoms with van der Waals surface area (Å²) in [6, 6.07) is 19.9. The smallest absolute Gasteiger partial charge is 0.0400 e. The van der Waals surface area contributed by atoms with Crippen LogP contribution in [0.3, 0.4) is 0 Å². The number of benzene rings is 2. The third-order valence-corrected chi connectivity index (χ3v) is 3.96. The van der Waals surface area contributed by atoms with Gasteiger partial charge in [0, 0.05) is 18.3 Å². The van der Waals surface area contributed by atoms with Gasteiger partial charge in [0.1, 0.15) is 0 Å². The molecule has 0 saturated carbocycles. The van der Waals surface area contributed by atoms with Crippen molar-refractivity contribution in [2.24, 2.45) is 0 Å². The van der Waals surface area contributed by atoms with Crippen LogP contribution in [0.4, 0.5) is 5.69 Å². The maximum absolute atomic E-state index is 3.59. The predicted molar refractivity (Wildman–Crippen MR) is 84.8 cm³/mol. The molecule has 1 aliphatic heterocycles. The van der Waals surface area contributed by atoms with Crippen molar-refractivity contribution >= 4 is 5.69 Å². The lowest BCUT2D eigenvalue weighted by Gasteiger charge is -2.24. The van der Waals surface area contributed by atoms with Gasteiger partial charge < -0.3 is 10.6 Å². The van der Waals surface area contributed by atoms with Gasteiger partial charge >= 0.3 is 0 Å². The lowest BCUT2D eigenvalue weighted by atomic mass is 9.97. The summed E-state index contributed by atoms with van der Waals surface area (Å²) in [6.07, 6.45) is 3.91. The monoisotopic (exact) mass is 266 g/mol. The normalized spacial score (nSPS) is 18.7. The van der Waals surface area contributed by atoms with Crippen LogP contribution in [-0.2, 0) is 6.54 Å². The van der Waals surface area contributed by atoms with Gasteiger partial charge in [0.2, 0.25) is 0 Å². The maximum Gasteiger partial charge on any atom is 0.0400 e. The van der Waals surface area contributed by atoms with Gasteiger partial charge in [-0.1, -0.05) is 48.9 Å². The fourth-order valence-corrected chi connectivity index (χ4v) is 2.77. The molecule has 0 radical (unpaired) electrons. The average molecular weight is 266 g/mol. The van der Waals surface area contributed by atoms with Gasteiger partial charge in [0.05, 0.1) is 0 Å². The summed E-state index contributed by atoms with van der Waals surface area (Å²) < 4.78 is 0. The van der Waals surface area contributed by atoms with Crippen LogP contribution in [0.25, 0.3) is 0 Å². The Labute approximate surface area is 121 Å². The fraction of sp³-hybridized carbons (Fsp3) is 0.333. The first-order valence-electron chi connectivity index (χ1n) is 7.53. The van der Waals surface area contributed by atoms with E-state index in [9.17, 15) is 0 Å². The highest BCUT2D eigenvalue weighted by Crippen LogP contribution is 2.24. The van der Waals surface area contributed by atoms with Crippen molar-refractivity contribution in [2.75, 3.05) is 11.9 Å². The van der Waals surface area contributed by atoms with Crippen molar-refractivity contribution in [3.05, 3.63) is 65.7 Å². The maximum atomic E-state index is 3.59. The lowest BCUT2D eigenvalue weighted by molar-refractivity contribution is 0.412. The number of piperidine rings is 1. The molecule has 2 aromatic carbocycles. The van der Waals surface area contributed by atoms with Crippen molar-refractivity contribution in [3.8, 4) is 0 Å². The van der Waals surface area contributed by atoms with Crippen molar-refractivity contribution in [1.29, 1.82) is 0 Å². The molecule has 2 nitrogen and oxygen atoms in total. The minimum atomic E-state index is 0.548. The van der Waals surface area contributed by atoms with Crippen LogP contribution in [0, 0.1) is 0 Å². The molecule has 1 fully saturated rings. The molecule has 1 atom stereocenters. The number of nitrogens with one attached hydrogen (secondary N) is 2. The summed E-state index contributed by atoms with van der Waals surface area (Å²) in [5.41, 5.74) is 3.91. The summed E-state index contributed by atoms with van der Waals surface area (Å²) >= 11 is 0. The van der Waals surface area contributed by atoms with Crippen LogP contribution in [0.2, 0.25) is 0 Å². The minimum Gasteiger partial charge on any atom is -0.381 e. The zero-order valence-electron chi connectivity index (χ0n) is 11.8. The third-order valence-electron chi connectivity index (χ3n) is 3.96. The second-order valence-electron chi connectivity index (χ2n) is 5.46. The SMILES string of the molecule is c1ccc(CNc2ccc([C@H]3CCCCN3)cc2)cc1. The zero-order valence-corrected chi connectivity index (χ0v) is 11.8. The molecule has 0 aliphatic carbocycles. The minimum absolute atomic E-state index is 0.548. The molecular weight excluding hydrogens is 244 g/mol.